The number of methoxy groups -OCH3 is 1. The zero-order chi connectivity index (χ0) is 20.3. The van der Waals surface area contributed by atoms with E-state index in [1.807, 2.05) is 11.8 Å². The Morgan fingerprint density at radius 2 is 1.89 bits per heavy atom. The Morgan fingerprint density at radius 1 is 1.25 bits per heavy atom. The van der Waals surface area contributed by atoms with Gasteiger partial charge in [0.2, 0.25) is 11.8 Å². The smallest absolute Gasteiger partial charge is 0.269 e. The average molecular weight is 390 g/mol. The number of anilines is 1. The number of amides is 2. The normalized spacial score (nSPS) is 21.1. The molecular formula is C19H26N4O5. The van der Waals surface area contributed by atoms with E-state index in [4.69, 9.17) is 4.74 Å². The van der Waals surface area contributed by atoms with Crippen LogP contribution in [0.2, 0.25) is 0 Å². The number of benzene rings is 1. The van der Waals surface area contributed by atoms with Crippen LogP contribution in [0.5, 0.6) is 0 Å². The molecule has 0 spiro atoms. The number of likely N-dealkylation sites (tertiary alicyclic amines) is 1. The average Bonchev–Trinajstić information content (AvgIpc) is 3.09. The summed E-state index contributed by atoms with van der Waals surface area (Å²) in [5.41, 5.74) is 0.976. The second-order valence-corrected chi connectivity index (χ2v) is 7.34. The summed E-state index contributed by atoms with van der Waals surface area (Å²) in [6.07, 6.45) is 0.259. The lowest BCUT2D eigenvalue weighted by Crippen LogP contribution is -2.50. The fourth-order valence-corrected chi connectivity index (χ4v) is 3.88. The molecule has 152 valence electrons. The lowest BCUT2D eigenvalue weighted by molar-refractivity contribution is -0.384. The molecule has 1 aromatic rings. The van der Waals surface area contributed by atoms with Crippen LogP contribution in [0.15, 0.2) is 24.3 Å². The van der Waals surface area contributed by atoms with Crippen molar-refractivity contribution in [2.75, 3.05) is 51.3 Å². The van der Waals surface area contributed by atoms with Crippen LogP contribution in [0.3, 0.4) is 0 Å². The van der Waals surface area contributed by atoms with E-state index in [9.17, 15) is 19.7 Å². The summed E-state index contributed by atoms with van der Waals surface area (Å²) < 4.78 is 5.12. The molecule has 2 aliphatic rings. The predicted octanol–water partition coefficient (Wildman–Crippen LogP) is 1.13. The Balaban J connectivity index is 1.54. The summed E-state index contributed by atoms with van der Waals surface area (Å²) in [5.74, 6) is -0.256. The van der Waals surface area contributed by atoms with E-state index in [-0.39, 0.29) is 35.9 Å². The summed E-state index contributed by atoms with van der Waals surface area (Å²) in [6.45, 7) is 5.31. The zero-order valence-electron chi connectivity index (χ0n) is 16.2. The van der Waals surface area contributed by atoms with Gasteiger partial charge in [-0.2, -0.15) is 0 Å². The van der Waals surface area contributed by atoms with Crippen LogP contribution in [-0.2, 0) is 14.3 Å². The second-order valence-electron chi connectivity index (χ2n) is 7.34. The second kappa shape index (κ2) is 8.55. The maximum atomic E-state index is 12.9. The first-order valence-electron chi connectivity index (χ1n) is 9.47. The van der Waals surface area contributed by atoms with Crippen LogP contribution in [0.4, 0.5) is 11.4 Å². The molecule has 0 N–H and O–H groups in total. The number of carbonyl (C=O) groups excluding carboxylic acids is 2. The maximum absolute atomic E-state index is 12.9. The third-order valence-corrected chi connectivity index (χ3v) is 5.46. The van der Waals surface area contributed by atoms with Gasteiger partial charge in [0.15, 0.2) is 0 Å². The van der Waals surface area contributed by atoms with Gasteiger partial charge in [0.1, 0.15) is 0 Å². The highest BCUT2D eigenvalue weighted by Crippen LogP contribution is 2.25. The highest BCUT2D eigenvalue weighted by Gasteiger charge is 2.39. The van der Waals surface area contributed by atoms with Crippen molar-refractivity contribution in [3.63, 3.8) is 0 Å². The molecule has 0 unspecified atom stereocenters. The number of ether oxygens (including phenoxy) is 1. The summed E-state index contributed by atoms with van der Waals surface area (Å²) in [4.78, 5) is 41.1. The molecule has 0 saturated carbocycles. The number of hydrogen-bond acceptors (Lipinski definition) is 6. The number of nitrogens with zero attached hydrogens (tertiary/aromatic N) is 4. The minimum atomic E-state index is -0.417. The number of hydrogen-bond donors (Lipinski definition) is 0. The Kier molecular flexibility index (Phi) is 6.13. The van der Waals surface area contributed by atoms with Gasteiger partial charge in [0.05, 0.1) is 23.5 Å². The van der Waals surface area contributed by atoms with E-state index in [1.54, 1.807) is 24.1 Å². The minimum Gasteiger partial charge on any atom is -0.383 e. The molecular weight excluding hydrogens is 364 g/mol. The number of nitro groups is 1. The van der Waals surface area contributed by atoms with E-state index in [0.717, 1.165) is 5.69 Å². The van der Waals surface area contributed by atoms with Crippen molar-refractivity contribution < 1.29 is 19.2 Å². The van der Waals surface area contributed by atoms with Crippen LogP contribution in [0.1, 0.15) is 13.3 Å². The quantitative estimate of drug-likeness (QED) is 0.534. The molecule has 2 atom stereocenters. The number of non-ortho nitro benzene ring substituents is 1. The van der Waals surface area contributed by atoms with E-state index in [2.05, 4.69) is 4.90 Å². The predicted molar refractivity (Wildman–Crippen MR) is 103 cm³/mol. The SMILES string of the molecule is COC[C@@H](C)N1C[C@H](C(=O)N2CCN(c3ccc([N+](=O)[O-])cc3)CC2)CC1=O. The Morgan fingerprint density at radius 3 is 2.46 bits per heavy atom. The van der Waals surface area contributed by atoms with E-state index >= 15 is 0 Å². The summed E-state index contributed by atoms with van der Waals surface area (Å²) in [7, 11) is 1.60. The molecule has 2 saturated heterocycles. The van der Waals surface area contributed by atoms with Gasteiger partial charge in [0.25, 0.3) is 5.69 Å². The molecule has 28 heavy (non-hydrogen) atoms. The highest BCUT2D eigenvalue weighted by atomic mass is 16.6. The van der Waals surface area contributed by atoms with Crippen molar-refractivity contribution >= 4 is 23.2 Å². The lowest BCUT2D eigenvalue weighted by Gasteiger charge is -2.37. The number of carbonyl (C=O) groups is 2. The molecule has 2 aliphatic heterocycles. The molecule has 0 aromatic heterocycles. The molecule has 1 aromatic carbocycles. The van der Waals surface area contributed by atoms with Crippen molar-refractivity contribution in [3.05, 3.63) is 34.4 Å². The van der Waals surface area contributed by atoms with Crippen molar-refractivity contribution in [1.29, 1.82) is 0 Å². The van der Waals surface area contributed by atoms with Gasteiger partial charge in [-0.3, -0.25) is 19.7 Å². The maximum Gasteiger partial charge on any atom is 0.269 e. The van der Waals surface area contributed by atoms with Crippen LogP contribution < -0.4 is 4.90 Å². The number of rotatable bonds is 6. The Hall–Kier alpha value is -2.68. The fourth-order valence-electron chi connectivity index (χ4n) is 3.88. The fraction of sp³-hybridized carbons (Fsp3) is 0.579. The summed E-state index contributed by atoms with van der Waals surface area (Å²) in [6, 6.07) is 6.43. The van der Waals surface area contributed by atoms with Crippen LogP contribution in [-0.4, -0.2) is 79.0 Å². The Labute approximate surface area is 164 Å². The van der Waals surface area contributed by atoms with E-state index in [0.29, 0.717) is 39.3 Å². The van der Waals surface area contributed by atoms with Gasteiger partial charge in [-0.1, -0.05) is 0 Å². The van der Waals surface area contributed by atoms with Crippen molar-refractivity contribution in [2.24, 2.45) is 5.92 Å². The molecule has 2 heterocycles. The highest BCUT2D eigenvalue weighted by molar-refractivity contribution is 5.89. The van der Waals surface area contributed by atoms with Gasteiger partial charge in [0, 0.05) is 64.1 Å². The molecule has 3 rings (SSSR count). The summed E-state index contributed by atoms with van der Waals surface area (Å²) in [5, 5.41) is 10.8. The standard InChI is InChI=1S/C19H26N4O5/c1-14(13-28-2)22-12-15(11-18(22)24)19(25)21-9-7-20(8-10-21)16-3-5-17(6-4-16)23(26)27/h3-6,14-15H,7-13H2,1-2H3/t14-,15-/m1/s1. The third-order valence-electron chi connectivity index (χ3n) is 5.46. The van der Waals surface area contributed by atoms with Crippen molar-refractivity contribution in [2.45, 2.75) is 19.4 Å². The first kappa shape index (κ1) is 20.1. The molecule has 2 amide bonds. The molecule has 9 nitrogen and oxygen atoms in total. The van der Waals surface area contributed by atoms with Crippen LogP contribution in [0, 0.1) is 16.0 Å². The van der Waals surface area contributed by atoms with Gasteiger partial charge in [-0.25, -0.2) is 0 Å². The first-order valence-corrected chi connectivity index (χ1v) is 9.47. The molecule has 0 radical (unpaired) electrons. The zero-order valence-corrected chi connectivity index (χ0v) is 16.2. The van der Waals surface area contributed by atoms with Crippen molar-refractivity contribution in [3.8, 4) is 0 Å². The third kappa shape index (κ3) is 4.24. The van der Waals surface area contributed by atoms with Gasteiger partial charge < -0.3 is 19.4 Å². The topological polar surface area (TPSA) is 96.2 Å². The molecule has 0 aliphatic carbocycles. The minimum absolute atomic E-state index is 0.00687. The monoisotopic (exact) mass is 390 g/mol. The first-order chi connectivity index (χ1) is 13.4. The molecule has 9 heteroatoms. The summed E-state index contributed by atoms with van der Waals surface area (Å²) >= 11 is 0. The molecule has 0 bridgehead atoms. The number of piperazine rings is 1. The van der Waals surface area contributed by atoms with Gasteiger partial charge in [-0.15, -0.1) is 0 Å². The van der Waals surface area contributed by atoms with E-state index in [1.165, 1.54) is 12.1 Å². The lowest BCUT2D eigenvalue weighted by atomic mass is 10.1. The van der Waals surface area contributed by atoms with E-state index < -0.39 is 4.92 Å². The van der Waals surface area contributed by atoms with Crippen LogP contribution in [0.25, 0.3) is 0 Å². The molecule has 2 fully saturated rings. The largest absolute Gasteiger partial charge is 0.383 e. The van der Waals surface area contributed by atoms with Gasteiger partial charge >= 0.3 is 0 Å². The van der Waals surface area contributed by atoms with Crippen LogP contribution >= 0.6 is 0 Å². The number of nitro benzene ring substituents is 1. The Bertz CT molecular complexity index is 730. The van der Waals surface area contributed by atoms with Gasteiger partial charge in [-0.05, 0) is 19.1 Å². The van der Waals surface area contributed by atoms with Crippen molar-refractivity contribution in [1.82, 2.24) is 9.80 Å².